The number of carbonyl (C=O) groups is 1. The SMILES string of the molecule is O=C(Nc1cnn(CC2CCCO2)c1)c1ccc(-c2ccc(F)cc2)o1. The predicted octanol–water partition coefficient (Wildman–Crippen LogP) is 3.71. The Morgan fingerprint density at radius 2 is 2.12 bits per heavy atom. The molecular weight excluding hydrogens is 337 g/mol. The van der Waals surface area contributed by atoms with Crippen LogP contribution in [0, 0.1) is 5.82 Å². The lowest BCUT2D eigenvalue weighted by molar-refractivity contribution is 0.0940. The molecule has 134 valence electrons. The first-order valence-electron chi connectivity index (χ1n) is 8.48. The van der Waals surface area contributed by atoms with E-state index in [1.165, 1.54) is 12.1 Å². The summed E-state index contributed by atoms with van der Waals surface area (Å²) in [7, 11) is 0. The topological polar surface area (TPSA) is 69.3 Å². The lowest BCUT2D eigenvalue weighted by atomic mass is 10.2. The van der Waals surface area contributed by atoms with Crippen molar-refractivity contribution in [2.24, 2.45) is 0 Å². The van der Waals surface area contributed by atoms with Crippen LogP contribution >= 0.6 is 0 Å². The maximum absolute atomic E-state index is 13.0. The molecule has 0 saturated carbocycles. The van der Waals surface area contributed by atoms with Crippen LogP contribution < -0.4 is 5.32 Å². The van der Waals surface area contributed by atoms with Gasteiger partial charge in [0.25, 0.3) is 5.91 Å². The molecule has 26 heavy (non-hydrogen) atoms. The fourth-order valence-electron chi connectivity index (χ4n) is 2.95. The normalized spacial score (nSPS) is 16.7. The van der Waals surface area contributed by atoms with Crippen LogP contribution in [0.25, 0.3) is 11.3 Å². The van der Waals surface area contributed by atoms with Gasteiger partial charge in [-0.3, -0.25) is 9.48 Å². The van der Waals surface area contributed by atoms with Crippen LogP contribution in [0.5, 0.6) is 0 Å². The van der Waals surface area contributed by atoms with E-state index in [-0.39, 0.29) is 23.6 Å². The van der Waals surface area contributed by atoms with E-state index in [0.717, 1.165) is 19.4 Å². The number of hydrogen-bond donors (Lipinski definition) is 1. The maximum Gasteiger partial charge on any atom is 0.291 e. The number of halogens is 1. The minimum atomic E-state index is -0.366. The Kier molecular flexibility index (Phi) is 4.53. The van der Waals surface area contributed by atoms with Gasteiger partial charge >= 0.3 is 0 Å². The van der Waals surface area contributed by atoms with Gasteiger partial charge in [-0.15, -0.1) is 0 Å². The van der Waals surface area contributed by atoms with Crippen LogP contribution in [0.2, 0.25) is 0 Å². The molecule has 1 saturated heterocycles. The van der Waals surface area contributed by atoms with Gasteiger partial charge in [-0.1, -0.05) is 0 Å². The Hall–Kier alpha value is -2.93. The van der Waals surface area contributed by atoms with Crippen molar-refractivity contribution in [3.8, 4) is 11.3 Å². The molecule has 0 spiro atoms. The Balaban J connectivity index is 1.40. The molecule has 4 rings (SSSR count). The molecule has 1 aliphatic rings. The number of furan rings is 1. The van der Waals surface area contributed by atoms with Crippen LogP contribution in [0.3, 0.4) is 0 Å². The second-order valence-corrected chi connectivity index (χ2v) is 6.21. The highest BCUT2D eigenvalue weighted by molar-refractivity contribution is 6.02. The average molecular weight is 355 g/mol. The third-order valence-corrected chi connectivity index (χ3v) is 4.26. The van der Waals surface area contributed by atoms with Gasteiger partial charge in [0, 0.05) is 18.4 Å². The molecule has 1 N–H and O–H groups in total. The molecule has 7 heteroatoms. The van der Waals surface area contributed by atoms with Gasteiger partial charge in [-0.25, -0.2) is 4.39 Å². The summed E-state index contributed by atoms with van der Waals surface area (Å²) in [6.45, 7) is 1.47. The Morgan fingerprint density at radius 3 is 2.88 bits per heavy atom. The van der Waals surface area contributed by atoms with Crippen LogP contribution in [0.15, 0.2) is 53.2 Å². The first-order chi connectivity index (χ1) is 12.7. The summed E-state index contributed by atoms with van der Waals surface area (Å²) in [5.74, 6) is -0.00579. The van der Waals surface area contributed by atoms with Gasteiger partial charge in [0.2, 0.25) is 0 Å². The second-order valence-electron chi connectivity index (χ2n) is 6.21. The van der Waals surface area contributed by atoms with Gasteiger partial charge in [0.1, 0.15) is 11.6 Å². The monoisotopic (exact) mass is 355 g/mol. The van der Waals surface area contributed by atoms with Crippen molar-refractivity contribution in [1.29, 1.82) is 0 Å². The van der Waals surface area contributed by atoms with Crippen molar-refractivity contribution in [2.75, 3.05) is 11.9 Å². The molecule has 3 aromatic rings. The van der Waals surface area contributed by atoms with E-state index < -0.39 is 0 Å². The summed E-state index contributed by atoms with van der Waals surface area (Å²) in [4.78, 5) is 12.3. The smallest absolute Gasteiger partial charge is 0.291 e. The lowest BCUT2D eigenvalue weighted by Crippen LogP contribution is -2.15. The molecule has 1 unspecified atom stereocenters. The standard InChI is InChI=1S/C19H18FN3O3/c20-14-5-3-13(4-6-14)17-7-8-18(26-17)19(24)22-15-10-21-23(11-15)12-16-2-1-9-25-16/h3-8,10-11,16H,1-2,9,12H2,(H,22,24). The van der Waals surface area contributed by atoms with Crippen LogP contribution in [-0.2, 0) is 11.3 Å². The van der Waals surface area contributed by atoms with E-state index in [1.807, 2.05) is 0 Å². The number of carbonyl (C=O) groups excluding carboxylic acids is 1. The van der Waals surface area contributed by atoms with Gasteiger partial charge in [-0.2, -0.15) is 5.10 Å². The summed E-state index contributed by atoms with van der Waals surface area (Å²) in [5.41, 5.74) is 1.29. The average Bonchev–Trinajstić information content (AvgIpc) is 3.38. The minimum absolute atomic E-state index is 0.177. The fraction of sp³-hybridized carbons (Fsp3) is 0.263. The molecule has 1 atom stereocenters. The number of hydrogen-bond acceptors (Lipinski definition) is 4. The number of rotatable bonds is 5. The van der Waals surface area contributed by atoms with Crippen molar-refractivity contribution in [3.05, 3.63) is 60.4 Å². The Morgan fingerprint density at radius 1 is 1.27 bits per heavy atom. The molecule has 1 fully saturated rings. The van der Waals surface area contributed by atoms with Crippen molar-refractivity contribution in [3.63, 3.8) is 0 Å². The van der Waals surface area contributed by atoms with Crippen molar-refractivity contribution >= 4 is 11.6 Å². The molecule has 3 heterocycles. The first kappa shape index (κ1) is 16.5. The number of nitrogens with one attached hydrogen (secondary N) is 1. The van der Waals surface area contributed by atoms with Gasteiger partial charge in [0.15, 0.2) is 5.76 Å². The molecule has 0 aliphatic carbocycles. The summed E-state index contributed by atoms with van der Waals surface area (Å²) < 4.78 is 25.9. The van der Waals surface area contributed by atoms with Gasteiger partial charge in [-0.05, 0) is 49.2 Å². The highest BCUT2D eigenvalue weighted by Gasteiger charge is 2.17. The number of anilines is 1. The number of amides is 1. The van der Waals surface area contributed by atoms with Crippen LogP contribution in [-0.4, -0.2) is 28.4 Å². The van der Waals surface area contributed by atoms with E-state index in [0.29, 0.717) is 23.6 Å². The minimum Gasteiger partial charge on any atom is -0.451 e. The summed E-state index contributed by atoms with van der Waals surface area (Å²) in [5, 5.41) is 7.00. The first-order valence-corrected chi connectivity index (χ1v) is 8.48. The zero-order chi connectivity index (χ0) is 17.9. The predicted molar refractivity (Wildman–Crippen MR) is 93.3 cm³/mol. The Labute approximate surface area is 149 Å². The van der Waals surface area contributed by atoms with Gasteiger partial charge in [0.05, 0.1) is 24.5 Å². The maximum atomic E-state index is 13.0. The molecule has 0 bridgehead atoms. The summed E-state index contributed by atoms with van der Waals surface area (Å²) >= 11 is 0. The number of benzene rings is 1. The molecule has 6 nitrogen and oxygen atoms in total. The molecule has 1 aromatic carbocycles. The van der Waals surface area contributed by atoms with E-state index in [4.69, 9.17) is 9.15 Å². The molecule has 1 amide bonds. The fourth-order valence-corrected chi connectivity index (χ4v) is 2.95. The third-order valence-electron chi connectivity index (χ3n) is 4.26. The van der Waals surface area contributed by atoms with Gasteiger partial charge < -0.3 is 14.5 Å². The summed E-state index contributed by atoms with van der Waals surface area (Å²) in [6.07, 6.45) is 5.65. The molecule has 1 aliphatic heterocycles. The summed E-state index contributed by atoms with van der Waals surface area (Å²) in [6, 6.07) is 9.17. The highest BCUT2D eigenvalue weighted by Crippen LogP contribution is 2.23. The van der Waals surface area contributed by atoms with E-state index >= 15 is 0 Å². The van der Waals surface area contributed by atoms with Crippen molar-refractivity contribution in [1.82, 2.24) is 9.78 Å². The number of ether oxygens (including phenoxy) is 1. The van der Waals surface area contributed by atoms with Crippen LogP contribution in [0.4, 0.5) is 10.1 Å². The Bertz CT molecular complexity index is 895. The van der Waals surface area contributed by atoms with Crippen molar-refractivity contribution in [2.45, 2.75) is 25.5 Å². The molecular formula is C19H18FN3O3. The quantitative estimate of drug-likeness (QED) is 0.757. The van der Waals surface area contributed by atoms with Crippen LogP contribution in [0.1, 0.15) is 23.4 Å². The van der Waals surface area contributed by atoms with E-state index in [2.05, 4.69) is 10.4 Å². The zero-order valence-corrected chi connectivity index (χ0v) is 14.0. The third kappa shape index (κ3) is 3.67. The number of nitrogens with zero attached hydrogens (tertiary/aromatic N) is 2. The van der Waals surface area contributed by atoms with E-state index in [9.17, 15) is 9.18 Å². The lowest BCUT2D eigenvalue weighted by Gasteiger charge is -2.08. The molecule has 0 radical (unpaired) electrons. The zero-order valence-electron chi connectivity index (χ0n) is 14.0. The second kappa shape index (κ2) is 7.13. The molecule has 2 aromatic heterocycles. The highest BCUT2D eigenvalue weighted by atomic mass is 19.1. The number of aromatic nitrogens is 2. The largest absolute Gasteiger partial charge is 0.451 e. The van der Waals surface area contributed by atoms with Crippen molar-refractivity contribution < 1.29 is 18.3 Å². The van der Waals surface area contributed by atoms with E-state index in [1.54, 1.807) is 41.3 Å².